The smallest absolute Gasteiger partial charge is 0.253 e. The van der Waals surface area contributed by atoms with E-state index in [4.69, 9.17) is 20.4 Å². The Balaban J connectivity index is 1.31. The van der Waals surface area contributed by atoms with Crippen LogP contribution in [0.1, 0.15) is 47.7 Å². The molecular formula is C29H33FN8O3. The van der Waals surface area contributed by atoms with Crippen LogP contribution in [0.15, 0.2) is 24.4 Å². The van der Waals surface area contributed by atoms with Gasteiger partial charge in [-0.15, -0.1) is 0 Å². The molecular weight excluding hydrogens is 527 g/mol. The molecule has 214 valence electrons. The third-order valence-corrected chi connectivity index (χ3v) is 8.46. The van der Waals surface area contributed by atoms with E-state index in [1.54, 1.807) is 12.3 Å². The van der Waals surface area contributed by atoms with Gasteiger partial charge in [-0.25, -0.2) is 19.3 Å². The lowest BCUT2D eigenvalue weighted by Crippen LogP contribution is -2.38. The molecule has 1 saturated heterocycles. The van der Waals surface area contributed by atoms with Crippen molar-refractivity contribution in [3.63, 3.8) is 0 Å². The van der Waals surface area contributed by atoms with Crippen molar-refractivity contribution < 1.29 is 18.7 Å². The molecule has 4 N–H and O–H groups in total. The number of hydrogen-bond donors (Lipinski definition) is 3. The summed E-state index contributed by atoms with van der Waals surface area (Å²) < 4.78 is 23.6. The van der Waals surface area contributed by atoms with Crippen molar-refractivity contribution in [2.75, 3.05) is 26.4 Å². The Bertz CT molecular complexity index is 1680. The molecule has 6 heterocycles. The number of halogens is 1. The van der Waals surface area contributed by atoms with E-state index in [1.165, 1.54) is 12.8 Å². The Kier molecular flexibility index (Phi) is 6.37. The van der Waals surface area contributed by atoms with Crippen LogP contribution in [0, 0.1) is 11.8 Å². The number of ether oxygens (including phenoxy) is 1. The fourth-order valence-electron chi connectivity index (χ4n) is 6.08. The van der Waals surface area contributed by atoms with Gasteiger partial charge in [-0.3, -0.25) is 9.59 Å². The van der Waals surface area contributed by atoms with Crippen LogP contribution in [-0.4, -0.2) is 68.3 Å². The van der Waals surface area contributed by atoms with Crippen molar-refractivity contribution in [3.8, 4) is 17.4 Å². The highest BCUT2D eigenvalue weighted by Crippen LogP contribution is 2.39. The van der Waals surface area contributed by atoms with Crippen molar-refractivity contribution in [1.29, 1.82) is 0 Å². The van der Waals surface area contributed by atoms with Crippen LogP contribution in [0.2, 0.25) is 0 Å². The molecule has 7 rings (SSSR count). The van der Waals surface area contributed by atoms with Crippen LogP contribution >= 0.6 is 0 Å². The lowest BCUT2D eigenvalue weighted by molar-refractivity contribution is -0.119. The number of alkyl halides is 1. The van der Waals surface area contributed by atoms with Gasteiger partial charge in [0.1, 0.15) is 17.7 Å². The number of fused-ring (bicyclic) bond motifs is 3. The van der Waals surface area contributed by atoms with Gasteiger partial charge in [-0.2, -0.15) is 0 Å². The highest BCUT2D eigenvalue weighted by atomic mass is 19.1. The topological polar surface area (TPSA) is 142 Å². The maximum absolute atomic E-state index is 13.2. The minimum atomic E-state index is -0.625. The summed E-state index contributed by atoms with van der Waals surface area (Å²) in [4.78, 5) is 38.9. The molecule has 11 nitrogen and oxygen atoms in total. The first-order valence-corrected chi connectivity index (χ1v) is 14.2. The number of nitrogens with two attached hydrogens (primary N) is 1. The minimum Gasteiger partial charge on any atom is -0.476 e. The van der Waals surface area contributed by atoms with Crippen LogP contribution < -0.4 is 21.1 Å². The Hall–Kier alpha value is -4.06. The summed E-state index contributed by atoms with van der Waals surface area (Å²) in [7, 11) is 1.92. The van der Waals surface area contributed by atoms with Gasteiger partial charge in [-0.05, 0) is 43.4 Å². The lowest BCUT2D eigenvalue weighted by atomic mass is 9.90. The number of nitrogens with one attached hydrogen (secondary N) is 2. The fourth-order valence-corrected chi connectivity index (χ4v) is 6.08. The number of hydrogen-bond acceptors (Lipinski definition) is 7. The van der Waals surface area contributed by atoms with Gasteiger partial charge in [0.2, 0.25) is 11.8 Å². The third kappa shape index (κ3) is 4.69. The van der Waals surface area contributed by atoms with Crippen molar-refractivity contribution in [1.82, 2.24) is 34.7 Å². The van der Waals surface area contributed by atoms with Gasteiger partial charge in [0, 0.05) is 62.6 Å². The summed E-state index contributed by atoms with van der Waals surface area (Å²) in [6.45, 7) is 1.58. The SMILES string of the molecule is Cn1c(-c2cc3ccnc(OC[C@@H]4CNC(=O)C4)c3n2CC2CC2)nc2cc3c(nc21)C(C[C@H](N)CF)CNC3=O. The third-order valence-electron chi connectivity index (χ3n) is 8.46. The number of nitrogens with zero attached hydrogens (tertiary/aromatic N) is 5. The Morgan fingerprint density at radius 1 is 1.17 bits per heavy atom. The normalized spacial score (nSPS) is 21.2. The van der Waals surface area contributed by atoms with E-state index in [0.29, 0.717) is 66.8 Å². The van der Waals surface area contributed by atoms with Crippen LogP contribution in [0.5, 0.6) is 5.88 Å². The summed E-state index contributed by atoms with van der Waals surface area (Å²) in [5.74, 6) is 1.62. The molecule has 4 aromatic heterocycles. The van der Waals surface area contributed by atoms with Crippen LogP contribution in [-0.2, 0) is 18.4 Å². The van der Waals surface area contributed by atoms with E-state index in [2.05, 4.69) is 26.3 Å². The van der Waals surface area contributed by atoms with Gasteiger partial charge < -0.3 is 30.2 Å². The number of pyridine rings is 2. The Morgan fingerprint density at radius 2 is 2.02 bits per heavy atom. The average molecular weight is 561 g/mol. The number of rotatable bonds is 9. The standard InChI is InChI=1S/C29H33FN8O3/c1-37-26-21(9-20-24(36-26)18(7-19(31)10-30)12-34-28(20)40)35-27(37)22-8-17-4-5-32-29(25(17)38(22)13-15-2-3-15)41-14-16-6-23(39)33-11-16/h4-5,8-9,15-16,18-19H,2-3,6-7,10-14,31H2,1H3,(H,33,39)(H,34,40)/t16-,18?,19-/m0/s1. The predicted octanol–water partition coefficient (Wildman–Crippen LogP) is 2.42. The highest BCUT2D eigenvalue weighted by Gasteiger charge is 2.31. The molecule has 0 radical (unpaired) electrons. The van der Waals surface area contributed by atoms with E-state index >= 15 is 0 Å². The summed E-state index contributed by atoms with van der Waals surface area (Å²) in [5, 5.41) is 6.75. The van der Waals surface area contributed by atoms with Crippen molar-refractivity contribution in [2.24, 2.45) is 24.6 Å². The molecule has 3 aliphatic rings. The average Bonchev–Trinajstić information content (AvgIpc) is 3.45. The monoisotopic (exact) mass is 560 g/mol. The number of carbonyl (C=O) groups excluding carboxylic acids is 2. The van der Waals surface area contributed by atoms with Gasteiger partial charge in [0.25, 0.3) is 5.91 Å². The number of imidazole rings is 1. The zero-order valence-electron chi connectivity index (χ0n) is 22.9. The second-order valence-corrected chi connectivity index (χ2v) is 11.6. The second-order valence-electron chi connectivity index (χ2n) is 11.6. The molecule has 0 bridgehead atoms. The van der Waals surface area contributed by atoms with E-state index < -0.39 is 12.7 Å². The van der Waals surface area contributed by atoms with E-state index in [-0.39, 0.29) is 23.7 Å². The molecule has 1 unspecified atom stereocenters. The number of aryl methyl sites for hydroxylation is 1. The molecule has 2 aliphatic heterocycles. The molecule has 4 aromatic rings. The first-order valence-electron chi connectivity index (χ1n) is 14.2. The lowest BCUT2D eigenvalue weighted by Gasteiger charge is -2.26. The molecule has 2 fully saturated rings. The molecule has 2 amide bonds. The van der Waals surface area contributed by atoms with Crippen molar-refractivity contribution >= 4 is 33.9 Å². The van der Waals surface area contributed by atoms with Crippen molar-refractivity contribution in [2.45, 2.75) is 44.2 Å². The van der Waals surface area contributed by atoms with E-state index in [0.717, 1.165) is 29.0 Å². The van der Waals surface area contributed by atoms with Gasteiger partial charge in [0.15, 0.2) is 11.5 Å². The summed E-state index contributed by atoms with van der Waals surface area (Å²) in [6.07, 6.45) is 4.93. The molecule has 1 saturated carbocycles. The van der Waals surface area contributed by atoms with Crippen LogP contribution in [0.4, 0.5) is 4.39 Å². The van der Waals surface area contributed by atoms with E-state index in [9.17, 15) is 14.0 Å². The fraction of sp³-hybridized carbons (Fsp3) is 0.483. The minimum absolute atomic E-state index is 0.0513. The molecule has 3 atom stereocenters. The van der Waals surface area contributed by atoms with Gasteiger partial charge in [-0.1, -0.05) is 0 Å². The summed E-state index contributed by atoms with van der Waals surface area (Å²) in [6, 6.07) is 5.24. The predicted molar refractivity (Wildman–Crippen MR) is 150 cm³/mol. The molecule has 0 spiro atoms. The number of aromatic nitrogens is 5. The molecule has 1 aliphatic carbocycles. The Morgan fingerprint density at radius 3 is 2.78 bits per heavy atom. The zero-order chi connectivity index (χ0) is 28.2. The molecule has 41 heavy (non-hydrogen) atoms. The number of carbonyl (C=O) groups is 2. The maximum Gasteiger partial charge on any atom is 0.253 e. The number of amides is 2. The largest absolute Gasteiger partial charge is 0.476 e. The summed E-state index contributed by atoms with van der Waals surface area (Å²) in [5.41, 5.74) is 10.1. The maximum atomic E-state index is 13.2. The van der Waals surface area contributed by atoms with E-state index in [1.807, 2.05) is 17.7 Å². The Labute approximate surface area is 235 Å². The molecule has 0 aromatic carbocycles. The summed E-state index contributed by atoms with van der Waals surface area (Å²) >= 11 is 0. The van der Waals surface area contributed by atoms with Crippen LogP contribution in [0.3, 0.4) is 0 Å². The highest BCUT2D eigenvalue weighted by molar-refractivity contribution is 5.99. The zero-order valence-corrected chi connectivity index (χ0v) is 22.9. The first kappa shape index (κ1) is 25.9. The molecule has 12 heteroatoms. The van der Waals surface area contributed by atoms with Crippen molar-refractivity contribution in [3.05, 3.63) is 35.7 Å². The first-order chi connectivity index (χ1) is 19.9. The van der Waals surface area contributed by atoms with Gasteiger partial charge >= 0.3 is 0 Å². The second kappa shape index (κ2) is 10.1. The van der Waals surface area contributed by atoms with Crippen LogP contribution in [0.25, 0.3) is 33.6 Å². The quantitative estimate of drug-likeness (QED) is 0.285. The van der Waals surface area contributed by atoms with Gasteiger partial charge in [0.05, 0.1) is 23.6 Å².